The maximum atomic E-state index is 14.0. The van der Waals surface area contributed by atoms with Gasteiger partial charge >= 0.3 is 0 Å². The largest absolute Gasteiger partial charge is 0.354 e. The molecule has 2 aromatic rings. The first-order valence-corrected chi connectivity index (χ1v) is 9.28. The summed E-state index contributed by atoms with van der Waals surface area (Å²) in [4.78, 5) is 26.9. The Balaban J connectivity index is 2.21. The molecule has 1 atom stereocenters. The lowest BCUT2D eigenvalue weighted by Gasteiger charge is -2.29. The predicted molar refractivity (Wildman–Crippen MR) is 105 cm³/mol. The summed E-state index contributed by atoms with van der Waals surface area (Å²) < 4.78 is 14.0. The molecule has 4 nitrogen and oxygen atoms in total. The van der Waals surface area contributed by atoms with E-state index >= 15 is 0 Å². The molecule has 2 aromatic carbocycles. The van der Waals surface area contributed by atoms with Crippen molar-refractivity contribution in [2.24, 2.45) is 0 Å². The molecule has 0 bridgehead atoms. The fourth-order valence-corrected chi connectivity index (χ4v) is 2.77. The summed E-state index contributed by atoms with van der Waals surface area (Å²) in [5.74, 6) is -0.894. The van der Waals surface area contributed by atoms with Crippen LogP contribution in [0.2, 0.25) is 0 Å². The maximum Gasteiger partial charge on any atom is 0.242 e. The maximum absolute atomic E-state index is 14.0. The summed E-state index contributed by atoms with van der Waals surface area (Å²) in [6, 6.07) is 13.4. The van der Waals surface area contributed by atoms with Crippen molar-refractivity contribution in [2.75, 3.05) is 6.54 Å². The number of carbonyl (C=O) groups excluding carboxylic acids is 2. The molecule has 144 valence electrons. The highest BCUT2D eigenvalue weighted by Gasteiger charge is 2.26. The van der Waals surface area contributed by atoms with Gasteiger partial charge in [0.05, 0.1) is 6.42 Å². The summed E-state index contributed by atoms with van der Waals surface area (Å²) in [5, 5.41) is 2.83. The third kappa shape index (κ3) is 5.91. The molecule has 0 aliphatic rings. The lowest BCUT2D eigenvalue weighted by Crippen LogP contribution is -2.48. The van der Waals surface area contributed by atoms with Crippen molar-refractivity contribution in [1.82, 2.24) is 10.2 Å². The summed E-state index contributed by atoms with van der Waals surface area (Å²) in [6.45, 7) is 6.53. The molecule has 0 saturated heterocycles. The number of halogens is 1. The molecular formula is C22H27FN2O2. The first-order chi connectivity index (χ1) is 12.9. The van der Waals surface area contributed by atoms with Gasteiger partial charge in [0.15, 0.2) is 0 Å². The molecule has 0 fully saturated rings. The minimum absolute atomic E-state index is 0.0794. The molecule has 1 N–H and O–H groups in total. The van der Waals surface area contributed by atoms with Gasteiger partial charge in [-0.05, 0) is 37.5 Å². The van der Waals surface area contributed by atoms with Crippen LogP contribution in [0.5, 0.6) is 0 Å². The molecule has 0 radical (unpaired) electrons. The van der Waals surface area contributed by atoms with Crippen molar-refractivity contribution in [3.63, 3.8) is 0 Å². The third-order valence-corrected chi connectivity index (χ3v) is 4.49. The van der Waals surface area contributed by atoms with Crippen LogP contribution < -0.4 is 5.32 Å². The van der Waals surface area contributed by atoms with Crippen LogP contribution in [0.3, 0.4) is 0 Å². The van der Waals surface area contributed by atoms with Gasteiger partial charge in [0, 0.05) is 13.1 Å². The fraction of sp³-hybridized carbons (Fsp3) is 0.364. The standard InChI is InChI=1S/C22H27FN2O2/c1-4-13-24-22(27)17(3)25(15-18-11-9-16(2)10-12-18)21(26)14-19-7-5-6-8-20(19)23/h5-12,17H,4,13-15H2,1-3H3,(H,24,27)/t17-/m1/s1. The van der Waals surface area contributed by atoms with Crippen molar-refractivity contribution in [3.8, 4) is 0 Å². The van der Waals surface area contributed by atoms with Gasteiger partial charge < -0.3 is 10.2 Å². The van der Waals surface area contributed by atoms with E-state index < -0.39 is 11.9 Å². The van der Waals surface area contributed by atoms with Gasteiger partial charge in [-0.25, -0.2) is 4.39 Å². The average Bonchev–Trinajstić information content (AvgIpc) is 2.66. The van der Waals surface area contributed by atoms with Crippen molar-refractivity contribution in [2.45, 2.75) is 46.2 Å². The molecule has 2 amide bonds. The predicted octanol–water partition coefficient (Wildman–Crippen LogP) is 3.62. The van der Waals surface area contributed by atoms with Crippen LogP contribution in [0.25, 0.3) is 0 Å². The van der Waals surface area contributed by atoms with Crippen molar-refractivity contribution in [3.05, 3.63) is 71.0 Å². The average molecular weight is 370 g/mol. The van der Waals surface area contributed by atoms with E-state index in [0.717, 1.165) is 17.5 Å². The van der Waals surface area contributed by atoms with Gasteiger partial charge in [-0.2, -0.15) is 0 Å². The Morgan fingerprint density at radius 2 is 1.78 bits per heavy atom. The number of carbonyl (C=O) groups is 2. The molecule has 0 unspecified atom stereocenters. The monoisotopic (exact) mass is 370 g/mol. The minimum atomic E-state index is -0.642. The van der Waals surface area contributed by atoms with Gasteiger partial charge in [-0.15, -0.1) is 0 Å². The lowest BCUT2D eigenvalue weighted by atomic mass is 10.1. The Labute approximate surface area is 160 Å². The van der Waals surface area contributed by atoms with E-state index in [2.05, 4.69) is 5.32 Å². The summed E-state index contributed by atoms with van der Waals surface area (Å²) >= 11 is 0. The number of rotatable bonds is 8. The van der Waals surface area contributed by atoms with Crippen molar-refractivity contribution >= 4 is 11.8 Å². The number of aryl methyl sites for hydroxylation is 1. The summed E-state index contributed by atoms with van der Waals surface area (Å²) in [6.07, 6.45) is 0.740. The van der Waals surface area contributed by atoms with Crippen LogP contribution in [0.1, 0.15) is 37.0 Å². The van der Waals surface area contributed by atoms with Crippen LogP contribution in [0.4, 0.5) is 4.39 Å². The Hall–Kier alpha value is -2.69. The van der Waals surface area contributed by atoms with Crippen molar-refractivity contribution in [1.29, 1.82) is 0 Å². The van der Waals surface area contributed by atoms with E-state index in [9.17, 15) is 14.0 Å². The molecule has 0 aromatic heterocycles. The van der Waals surface area contributed by atoms with Crippen molar-refractivity contribution < 1.29 is 14.0 Å². The number of hydrogen-bond acceptors (Lipinski definition) is 2. The number of benzene rings is 2. The van der Waals surface area contributed by atoms with Gasteiger partial charge in [0.2, 0.25) is 11.8 Å². The Morgan fingerprint density at radius 1 is 1.11 bits per heavy atom. The number of amides is 2. The van der Waals surface area contributed by atoms with Gasteiger partial charge in [0.25, 0.3) is 0 Å². The van der Waals surface area contributed by atoms with E-state index in [1.165, 1.54) is 11.0 Å². The Kier molecular flexibility index (Phi) is 7.53. The minimum Gasteiger partial charge on any atom is -0.354 e. The molecule has 0 aliphatic carbocycles. The van der Waals surface area contributed by atoms with Crippen LogP contribution in [0, 0.1) is 12.7 Å². The zero-order valence-corrected chi connectivity index (χ0v) is 16.2. The quantitative estimate of drug-likeness (QED) is 0.772. The molecule has 0 saturated carbocycles. The summed E-state index contributed by atoms with van der Waals surface area (Å²) in [7, 11) is 0. The molecule has 0 spiro atoms. The Morgan fingerprint density at radius 3 is 2.41 bits per heavy atom. The second-order valence-corrected chi connectivity index (χ2v) is 6.74. The molecule has 0 aliphatic heterocycles. The first-order valence-electron chi connectivity index (χ1n) is 9.28. The topological polar surface area (TPSA) is 49.4 Å². The van der Waals surface area contributed by atoms with Crippen LogP contribution in [0.15, 0.2) is 48.5 Å². The second-order valence-electron chi connectivity index (χ2n) is 6.74. The number of hydrogen-bond donors (Lipinski definition) is 1. The second kappa shape index (κ2) is 9.86. The molecule has 0 heterocycles. The van der Waals surface area contributed by atoms with Crippen LogP contribution >= 0.6 is 0 Å². The van der Waals surface area contributed by atoms with Gasteiger partial charge in [-0.3, -0.25) is 9.59 Å². The Bertz CT molecular complexity index is 774. The van der Waals surface area contributed by atoms with E-state index in [1.807, 2.05) is 38.1 Å². The molecule has 2 rings (SSSR count). The van der Waals surface area contributed by atoms with Crippen LogP contribution in [-0.4, -0.2) is 29.3 Å². The van der Waals surface area contributed by atoms with E-state index in [-0.39, 0.29) is 18.2 Å². The highest BCUT2D eigenvalue weighted by molar-refractivity contribution is 5.88. The number of nitrogens with one attached hydrogen (secondary N) is 1. The first kappa shape index (κ1) is 20.6. The van der Waals surface area contributed by atoms with E-state index in [0.29, 0.717) is 18.7 Å². The highest BCUT2D eigenvalue weighted by atomic mass is 19.1. The summed E-state index contributed by atoms with van der Waals surface area (Å²) in [5.41, 5.74) is 2.38. The third-order valence-electron chi connectivity index (χ3n) is 4.49. The number of nitrogens with zero attached hydrogens (tertiary/aromatic N) is 1. The molecule has 5 heteroatoms. The van der Waals surface area contributed by atoms with Gasteiger partial charge in [0.1, 0.15) is 11.9 Å². The zero-order chi connectivity index (χ0) is 19.8. The SMILES string of the molecule is CCCNC(=O)[C@@H](C)N(Cc1ccc(C)cc1)C(=O)Cc1ccccc1F. The highest BCUT2D eigenvalue weighted by Crippen LogP contribution is 2.15. The van der Waals surface area contributed by atoms with E-state index in [1.54, 1.807) is 25.1 Å². The van der Waals surface area contributed by atoms with Gasteiger partial charge in [-0.1, -0.05) is 55.0 Å². The van der Waals surface area contributed by atoms with Crippen LogP contribution in [-0.2, 0) is 22.6 Å². The zero-order valence-electron chi connectivity index (χ0n) is 16.2. The molecular weight excluding hydrogens is 343 g/mol. The normalized spacial score (nSPS) is 11.7. The smallest absolute Gasteiger partial charge is 0.242 e. The lowest BCUT2D eigenvalue weighted by molar-refractivity contribution is -0.140. The van der Waals surface area contributed by atoms with E-state index in [4.69, 9.17) is 0 Å². The fourth-order valence-electron chi connectivity index (χ4n) is 2.77. The molecule has 27 heavy (non-hydrogen) atoms.